The Morgan fingerprint density at radius 2 is 1.43 bits per heavy atom. The molecule has 2 aromatic carbocycles. The third-order valence-electron chi connectivity index (χ3n) is 4.94. The number of nitrogens with one attached hydrogen (secondary N) is 1. The maximum absolute atomic E-state index is 12.9. The van der Waals surface area contributed by atoms with Crippen LogP contribution in [0.4, 0.5) is 17.6 Å². The summed E-state index contributed by atoms with van der Waals surface area (Å²) in [5, 5.41) is 2.77. The van der Waals surface area contributed by atoms with Crippen molar-refractivity contribution in [3.8, 4) is 0 Å². The minimum atomic E-state index is -4.43. The number of amides is 2. The van der Waals surface area contributed by atoms with Gasteiger partial charge >= 0.3 is 6.18 Å². The van der Waals surface area contributed by atoms with Crippen LogP contribution >= 0.6 is 0 Å². The van der Waals surface area contributed by atoms with E-state index in [9.17, 15) is 27.2 Å². The van der Waals surface area contributed by atoms with Gasteiger partial charge in [-0.3, -0.25) is 14.5 Å². The van der Waals surface area contributed by atoms with Crippen LogP contribution in [0, 0.1) is 5.82 Å². The molecule has 0 radical (unpaired) electrons. The van der Waals surface area contributed by atoms with Crippen LogP contribution in [-0.2, 0) is 6.18 Å². The highest BCUT2D eigenvalue weighted by atomic mass is 19.4. The largest absolute Gasteiger partial charge is 0.416 e. The first-order valence-corrected chi connectivity index (χ1v) is 9.47. The summed E-state index contributed by atoms with van der Waals surface area (Å²) < 4.78 is 50.8. The zero-order valence-electron chi connectivity index (χ0n) is 16.1. The van der Waals surface area contributed by atoms with Gasteiger partial charge in [-0.1, -0.05) is 0 Å². The summed E-state index contributed by atoms with van der Waals surface area (Å²) in [6, 6.07) is 9.49. The first kappa shape index (κ1) is 21.8. The Morgan fingerprint density at radius 3 is 2.00 bits per heavy atom. The molecule has 0 spiro atoms. The van der Waals surface area contributed by atoms with Crippen molar-refractivity contribution in [2.75, 3.05) is 39.3 Å². The summed E-state index contributed by atoms with van der Waals surface area (Å²) in [6.07, 6.45) is -4.43. The SMILES string of the molecule is O=C(NCCN1CCN(C(=O)c2ccc(C(F)(F)F)cc2)CC1)c1ccc(F)cc1. The smallest absolute Gasteiger partial charge is 0.351 e. The molecule has 5 nitrogen and oxygen atoms in total. The van der Waals surface area contributed by atoms with E-state index < -0.39 is 17.6 Å². The zero-order valence-corrected chi connectivity index (χ0v) is 16.1. The average molecular weight is 423 g/mol. The van der Waals surface area contributed by atoms with Crippen molar-refractivity contribution in [2.24, 2.45) is 0 Å². The number of hydrogen-bond acceptors (Lipinski definition) is 3. The highest BCUT2D eigenvalue weighted by molar-refractivity contribution is 5.94. The number of piperazine rings is 1. The zero-order chi connectivity index (χ0) is 21.7. The molecule has 0 aromatic heterocycles. The van der Waals surface area contributed by atoms with Gasteiger partial charge in [0, 0.05) is 50.4 Å². The van der Waals surface area contributed by atoms with Gasteiger partial charge in [0.15, 0.2) is 0 Å². The molecule has 1 aliphatic heterocycles. The van der Waals surface area contributed by atoms with E-state index in [0.29, 0.717) is 44.8 Å². The second kappa shape index (κ2) is 9.25. The van der Waals surface area contributed by atoms with E-state index >= 15 is 0 Å². The average Bonchev–Trinajstić information content (AvgIpc) is 2.73. The van der Waals surface area contributed by atoms with E-state index in [0.717, 1.165) is 12.1 Å². The Morgan fingerprint density at radius 1 is 0.867 bits per heavy atom. The number of halogens is 4. The van der Waals surface area contributed by atoms with Gasteiger partial charge in [-0.05, 0) is 48.5 Å². The Balaban J connectivity index is 1.42. The van der Waals surface area contributed by atoms with E-state index in [1.54, 1.807) is 4.90 Å². The molecular formula is C21H21F4N3O2. The molecule has 1 aliphatic rings. The number of carbonyl (C=O) groups excluding carboxylic acids is 2. The molecule has 1 fully saturated rings. The van der Waals surface area contributed by atoms with Gasteiger partial charge < -0.3 is 10.2 Å². The van der Waals surface area contributed by atoms with Crippen molar-refractivity contribution in [2.45, 2.75) is 6.18 Å². The molecule has 30 heavy (non-hydrogen) atoms. The fourth-order valence-electron chi connectivity index (χ4n) is 3.19. The van der Waals surface area contributed by atoms with Gasteiger partial charge in [-0.25, -0.2) is 4.39 Å². The van der Waals surface area contributed by atoms with Crippen LogP contribution in [0.5, 0.6) is 0 Å². The number of hydrogen-bond donors (Lipinski definition) is 1. The van der Waals surface area contributed by atoms with Crippen LogP contribution in [0.2, 0.25) is 0 Å². The molecular weight excluding hydrogens is 402 g/mol. The molecule has 0 bridgehead atoms. The lowest BCUT2D eigenvalue weighted by Gasteiger charge is -2.34. The second-order valence-corrected chi connectivity index (χ2v) is 6.97. The number of alkyl halides is 3. The highest BCUT2D eigenvalue weighted by Crippen LogP contribution is 2.29. The Kier molecular flexibility index (Phi) is 6.71. The van der Waals surface area contributed by atoms with Crippen LogP contribution < -0.4 is 5.32 Å². The summed E-state index contributed by atoms with van der Waals surface area (Å²) in [7, 11) is 0. The predicted octanol–water partition coefficient (Wildman–Crippen LogP) is 3.03. The lowest BCUT2D eigenvalue weighted by Crippen LogP contribution is -2.50. The van der Waals surface area contributed by atoms with E-state index in [1.165, 1.54) is 36.4 Å². The second-order valence-electron chi connectivity index (χ2n) is 6.97. The first-order valence-electron chi connectivity index (χ1n) is 9.47. The molecule has 1 heterocycles. The summed E-state index contributed by atoms with van der Waals surface area (Å²) >= 11 is 0. The minimum absolute atomic E-state index is 0.225. The van der Waals surface area contributed by atoms with Gasteiger partial charge in [0.25, 0.3) is 11.8 Å². The van der Waals surface area contributed by atoms with Gasteiger partial charge in [-0.15, -0.1) is 0 Å². The maximum atomic E-state index is 12.9. The predicted molar refractivity (Wildman–Crippen MR) is 103 cm³/mol. The number of benzene rings is 2. The molecule has 9 heteroatoms. The molecule has 0 atom stereocenters. The normalized spacial score (nSPS) is 15.1. The quantitative estimate of drug-likeness (QED) is 0.753. The molecule has 0 aliphatic carbocycles. The van der Waals surface area contributed by atoms with Gasteiger partial charge in [-0.2, -0.15) is 13.2 Å². The minimum Gasteiger partial charge on any atom is -0.351 e. The maximum Gasteiger partial charge on any atom is 0.416 e. The Hall–Kier alpha value is -2.94. The summed E-state index contributed by atoms with van der Waals surface area (Å²) in [6.45, 7) is 3.09. The van der Waals surface area contributed by atoms with E-state index in [2.05, 4.69) is 10.2 Å². The molecule has 1 saturated heterocycles. The van der Waals surface area contributed by atoms with Crippen LogP contribution in [0.3, 0.4) is 0 Å². The number of carbonyl (C=O) groups is 2. The standard InChI is InChI=1S/C21H21F4N3O2/c22-18-7-3-15(4-8-18)19(29)26-9-10-27-11-13-28(14-12-27)20(30)16-1-5-17(6-2-16)21(23,24)25/h1-8H,9-14H2,(H,26,29). The summed E-state index contributed by atoms with van der Waals surface area (Å²) in [5.41, 5.74) is -0.182. The summed E-state index contributed by atoms with van der Waals surface area (Å²) in [4.78, 5) is 28.2. The van der Waals surface area contributed by atoms with Crippen LogP contribution in [-0.4, -0.2) is 60.9 Å². The molecule has 3 rings (SSSR count). The van der Waals surface area contributed by atoms with E-state index in [1.807, 2.05) is 0 Å². The lowest BCUT2D eigenvalue weighted by molar-refractivity contribution is -0.137. The molecule has 2 amide bonds. The van der Waals surface area contributed by atoms with Gasteiger partial charge in [0.1, 0.15) is 5.82 Å². The molecule has 1 N–H and O–H groups in total. The first-order chi connectivity index (χ1) is 14.2. The van der Waals surface area contributed by atoms with Crippen molar-refractivity contribution in [3.63, 3.8) is 0 Å². The Bertz CT molecular complexity index is 875. The third kappa shape index (κ3) is 5.56. The molecule has 2 aromatic rings. The topological polar surface area (TPSA) is 52.7 Å². The van der Waals surface area contributed by atoms with Crippen molar-refractivity contribution in [3.05, 3.63) is 71.0 Å². The monoisotopic (exact) mass is 423 g/mol. The van der Waals surface area contributed by atoms with Crippen molar-refractivity contribution >= 4 is 11.8 Å². The molecule has 0 unspecified atom stereocenters. The van der Waals surface area contributed by atoms with Gasteiger partial charge in [0.2, 0.25) is 0 Å². The van der Waals surface area contributed by atoms with E-state index in [4.69, 9.17) is 0 Å². The van der Waals surface area contributed by atoms with Crippen molar-refractivity contribution in [1.82, 2.24) is 15.1 Å². The molecule has 0 saturated carbocycles. The van der Waals surface area contributed by atoms with Crippen molar-refractivity contribution in [1.29, 1.82) is 0 Å². The number of rotatable bonds is 5. The Labute approximate surface area is 171 Å². The summed E-state index contributed by atoms with van der Waals surface area (Å²) in [5.74, 6) is -0.991. The van der Waals surface area contributed by atoms with Crippen LogP contribution in [0.1, 0.15) is 26.3 Å². The number of nitrogens with zero attached hydrogens (tertiary/aromatic N) is 2. The third-order valence-corrected chi connectivity index (χ3v) is 4.94. The van der Waals surface area contributed by atoms with Crippen LogP contribution in [0.15, 0.2) is 48.5 Å². The molecule has 160 valence electrons. The van der Waals surface area contributed by atoms with Crippen LogP contribution in [0.25, 0.3) is 0 Å². The fourth-order valence-corrected chi connectivity index (χ4v) is 3.19. The van der Waals surface area contributed by atoms with Gasteiger partial charge in [0.05, 0.1) is 5.56 Å². The highest BCUT2D eigenvalue weighted by Gasteiger charge is 2.30. The fraction of sp³-hybridized carbons (Fsp3) is 0.333. The van der Waals surface area contributed by atoms with Crippen molar-refractivity contribution < 1.29 is 27.2 Å². The lowest BCUT2D eigenvalue weighted by atomic mass is 10.1. The van der Waals surface area contributed by atoms with E-state index in [-0.39, 0.29) is 17.4 Å².